The Labute approximate surface area is 92.9 Å². The van der Waals surface area contributed by atoms with Crippen LogP contribution >= 0.6 is 11.3 Å². The van der Waals surface area contributed by atoms with Gasteiger partial charge in [0.05, 0.1) is 12.3 Å². The molecule has 0 amide bonds. The Morgan fingerprint density at radius 3 is 3.20 bits per heavy atom. The van der Waals surface area contributed by atoms with Crippen LogP contribution in [0, 0.1) is 6.92 Å². The second-order valence-electron chi connectivity index (χ2n) is 3.90. The van der Waals surface area contributed by atoms with Gasteiger partial charge in [0, 0.05) is 23.4 Å². The highest BCUT2D eigenvalue weighted by molar-refractivity contribution is 7.10. The maximum absolute atomic E-state index is 5.49. The lowest BCUT2D eigenvalue weighted by Gasteiger charge is -2.23. The molecule has 0 saturated heterocycles. The van der Waals surface area contributed by atoms with Gasteiger partial charge >= 0.3 is 0 Å². The SMILES string of the molecule is Cc1ccsc1C1NCCc2occc21. The van der Waals surface area contributed by atoms with Crippen molar-refractivity contribution in [2.45, 2.75) is 19.4 Å². The van der Waals surface area contributed by atoms with Crippen LogP contribution in [-0.4, -0.2) is 6.54 Å². The molecule has 2 aromatic heterocycles. The Kier molecular flexibility index (Phi) is 2.15. The average Bonchev–Trinajstić information content (AvgIpc) is 2.85. The summed E-state index contributed by atoms with van der Waals surface area (Å²) in [5, 5.41) is 5.71. The molecule has 2 aromatic rings. The van der Waals surface area contributed by atoms with E-state index in [1.165, 1.54) is 16.0 Å². The lowest BCUT2D eigenvalue weighted by atomic mass is 9.99. The van der Waals surface area contributed by atoms with Crippen LogP contribution in [0.25, 0.3) is 0 Å². The Bertz CT molecular complexity index is 471. The molecule has 1 N–H and O–H groups in total. The Balaban J connectivity index is 2.07. The molecule has 3 rings (SSSR count). The summed E-state index contributed by atoms with van der Waals surface area (Å²) in [6.07, 6.45) is 2.80. The first kappa shape index (κ1) is 9.19. The number of thiophene rings is 1. The van der Waals surface area contributed by atoms with Crippen LogP contribution in [0.4, 0.5) is 0 Å². The number of fused-ring (bicyclic) bond motifs is 1. The van der Waals surface area contributed by atoms with E-state index >= 15 is 0 Å². The Hall–Kier alpha value is -1.06. The van der Waals surface area contributed by atoms with Gasteiger partial charge in [-0.2, -0.15) is 0 Å². The van der Waals surface area contributed by atoms with Gasteiger partial charge in [-0.15, -0.1) is 11.3 Å². The lowest BCUT2D eigenvalue weighted by molar-refractivity contribution is 0.457. The molecule has 1 aliphatic heterocycles. The van der Waals surface area contributed by atoms with Crippen molar-refractivity contribution in [3.05, 3.63) is 45.5 Å². The topological polar surface area (TPSA) is 25.2 Å². The number of rotatable bonds is 1. The molecule has 0 fully saturated rings. The van der Waals surface area contributed by atoms with Crippen LogP contribution in [0.1, 0.15) is 27.8 Å². The van der Waals surface area contributed by atoms with Gasteiger partial charge in [-0.3, -0.25) is 0 Å². The monoisotopic (exact) mass is 219 g/mol. The van der Waals surface area contributed by atoms with Crippen molar-refractivity contribution < 1.29 is 4.42 Å². The number of hydrogen-bond acceptors (Lipinski definition) is 3. The minimum Gasteiger partial charge on any atom is -0.469 e. The highest BCUT2D eigenvalue weighted by Crippen LogP contribution is 2.33. The van der Waals surface area contributed by atoms with Gasteiger partial charge in [0.25, 0.3) is 0 Å². The first-order valence-electron chi connectivity index (χ1n) is 5.20. The number of aryl methyl sites for hydroxylation is 1. The van der Waals surface area contributed by atoms with Crippen molar-refractivity contribution in [1.82, 2.24) is 5.32 Å². The molecule has 15 heavy (non-hydrogen) atoms. The summed E-state index contributed by atoms with van der Waals surface area (Å²) in [6, 6.07) is 4.61. The molecule has 0 bridgehead atoms. The number of hydrogen-bond donors (Lipinski definition) is 1. The molecule has 0 radical (unpaired) electrons. The van der Waals surface area contributed by atoms with E-state index in [9.17, 15) is 0 Å². The van der Waals surface area contributed by atoms with Crippen LogP contribution in [0.15, 0.2) is 28.2 Å². The van der Waals surface area contributed by atoms with E-state index < -0.39 is 0 Å². The summed E-state index contributed by atoms with van der Waals surface area (Å²) in [5.74, 6) is 1.14. The standard InChI is InChI=1S/C12H13NOS/c1-8-4-7-15-12(8)11-9-3-6-14-10(9)2-5-13-11/h3-4,6-7,11,13H,2,5H2,1H3. The summed E-state index contributed by atoms with van der Waals surface area (Å²) in [6.45, 7) is 3.17. The quantitative estimate of drug-likeness (QED) is 0.797. The van der Waals surface area contributed by atoms with Gasteiger partial charge in [0.2, 0.25) is 0 Å². The van der Waals surface area contributed by atoms with E-state index in [0.29, 0.717) is 6.04 Å². The van der Waals surface area contributed by atoms with Gasteiger partial charge in [-0.05, 0) is 30.0 Å². The summed E-state index contributed by atoms with van der Waals surface area (Å²) in [4.78, 5) is 1.41. The van der Waals surface area contributed by atoms with Crippen LogP contribution in [0.5, 0.6) is 0 Å². The summed E-state index contributed by atoms with van der Waals surface area (Å²) in [5.41, 5.74) is 2.68. The van der Waals surface area contributed by atoms with Crippen molar-refractivity contribution in [3.63, 3.8) is 0 Å². The maximum Gasteiger partial charge on any atom is 0.110 e. The second-order valence-corrected chi connectivity index (χ2v) is 4.85. The zero-order chi connectivity index (χ0) is 10.3. The maximum atomic E-state index is 5.49. The van der Waals surface area contributed by atoms with Crippen molar-refractivity contribution in [3.8, 4) is 0 Å². The zero-order valence-corrected chi connectivity index (χ0v) is 9.43. The summed E-state index contributed by atoms with van der Waals surface area (Å²) < 4.78 is 5.49. The Morgan fingerprint density at radius 2 is 2.40 bits per heavy atom. The molecular formula is C12H13NOS. The molecule has 3 heteroatoms. The molecular weight excluding hydrogens is 206 g/mol. The normalized spacial score (nSPS) is 20.2. The highest BCUT2D eigenvalue weighted by Gasteiger charge is 2.25. The van der Waals surface area contributed by atoms with Crippen molar-refractivity contribution in [1.29, 1.82) is 0 Å². The van der Waals surface area contributed by atoms with Crippen molar-refractivity contribution in [2.24, 2.45) is 0 Å². The van der Waals surface area contributed by atoms with Crippen molar-refractivity contribution >= 4 is 11.3 Å². The van der Waals surface area contributed by atoms with Crippen LogP contribution in [0.2, 0.25) is 0 Å². The lowest BCUT2D eigenvalue weighted by Crippen LogP contribution is -2.29. The zero-order valence-electron chi connectivity index (χ0n) is 8.62. The van der Waals surface area contributed by atoms with Gasteiger partial charge in [0.15, 0.2) is 0 Å². The third-order valence-corrected chi connectivity index (χ3v) is 4.04. The van der Waals surface area contributed by atoms with E-state index in [0.717, 1.165) is 18.7 Å². The molecule has 0 aromatic carbocycles. The predicted octanol–water partition coefficient (Wildman–Crippen LogP) is 2.88. The molecule has 1 unspecified atom stereocenters. The smallest absolute Gasteiger partial charge is 0.110 e. The fourth-order valence-corrected chi connectivity index (χ4v) is 3.18. The van der Waals surface area contributed by atoms with Crippen LogP contribution in [-0.2, 0) is 6.42 Å². The average molecular weight is 219 g/mol. The number of furan rings is 1. The van der Waals surface area contributed by atoms with Crippen LogP contribution in [0.3, 0.4) is 0 Å². The molecule has 1 atom stereocenters. The highest BCUT2D eigenvalue weighted by atomic mass is 32.1. The fraction of sp³-hybridized carbons (Fsp3) is 0.333. The minimum absolute atomic E-state index is 0.340. The first-order valence-corrected chi connectivity index (χ1v) is 6.08. The van der Waals surface area contributed by atoms with Gasteiger partial charge in [-0.1, -0.05) is 0 Å². The van der Waals surface area contributed by atoms with Crippen LogP contribution < -0.4 is 5.32 Å². The predicted molar refractivity (Wildman–Crippen MR) is 61.3 cm³/mol. The minimum atomic E-state index is 0.340. The van der Waals surface area contributed by atoms with Gasteiger partial charge in [0.1, 0.15) is 5.76 Å². The summed E-state index contributed by atoms with van der Waals surface area (Å²) in [7, 11) is 0. The Morgan fingerprint density at radius 1 is 1.47 bits per heavy atom. The first-order chi connectivity index (χ1) is 7.36. The van der Waals surface area contributed by atoms with Gasteiger partial charge < -0.3 is 9.73 Å². The van der Waals surface area contributed by atoms with E-state index in [1.54, 1.807) is 6.26 Å². The largest absolute Gasteiger partial charge is 0.469 e. The van der Waals surface area contributed by atoms with Gasteiger partial charge in [-0.25, -0.2) is 0 Å². The van der Waals surface area contributed by atoms with E-state index in [2.05, 4.69) is 29.8 Å². The third-order valence-electron chi connectivity index (χ3n) is 2.96. The van der Waals surface area contributed by atoms with E-state index in [4.69, 9.17) is 4.42 Å². The van der Waals surface area contributed by atoms with E-state index in [-0.39, 0.29) is 0 Å². The third kappa shape index (κ3) is 1.43. The molecule has 0 saturated carbocycles. The molecule has 0 aliphatic carbocycles. The summed E-state index contributed by atoms with van der Waals surface area (Å²) >= 11 is 1.82. The number of nitrogens with one attached hydrogen (secondary N) is 1. The molecule has 78 valence electrons. The molecule has 3 heterocycles. The molecule has 2 nitrogen and oxygen atoms in total. The van der Waals surface area contributed by atoms with Crippen molar-refractivity contribution in [2.75, 3.05) is 6.54 Å². The second kappa shape index (κ2) is 3.51. The fourth-order valence-electron chi connectivity index (χ4n) is 2.17. The molecule has 0 spiro atoms. The van der Waals surface area contributed by atoms with E-state index in [1.807, 2.05) is 11.3 Å². The molecule has 1 aliphatic rings.